The molecule has 2 aromatic heterocycles. The highest BCUT2D eigenvalue weighted by atomic mass is 16.5. The summed E-state index contributed by atoms with van der Waals surface area (Å²) in [5.41, 5.74) is 2.58. The molecule has 3 heterocycles. The molecule has 1 fully saturated rings. The van der Waals surface area contributed by atoms with Crippen molar-refractivity contribution in [2.45, 2.75) is 31.0 Å². The Morgan fingerprint density at radius 2 is 2.10 bits per heavy atom. The number of nitrogens with zero attached hydrogens (tertiary/aromatic N) is 3. The first-order valence-corrected chi connectivity index (χ1v) is 9.78. The van der Waals surface area contributed by atoms with Crippen molar-refractivity contribution in [3.8, 4) is 0 Å². The summed E-state index contributed by atoms with van der Waals surface area (Å²) in [5.74, 6) is 1.69. The summed E-state index contributed by atoms with van der Waals surface area (Å²) in [4.78, 5) is 19.0. The van der Waals surface area contributed by atoms with E-state index in [9.17, 15) is 9.90 Å². The number of pyridine rings is 1. The monoisotopic (exact) mass is 390 g/mol. The Morgan fingerprint density at radius 3 is 2.93 bits per heavy atom. The number of amides is 1. The summed E-state index contributed by atoms with van der Waals surface area (Å²) in [6, 6.07) is 15.1. The molecule has 2 N–H and O–H groups in total. The first-order chi connectivity index (χ1) is 14.1. The van der Waals surface area contributed by atoms with Crippen LogP contribution in [-0.4, -0.2) is 34.2 Å². The van der Waals surface area contributed by atoms with E-state index in [2.05, 4.69) is 15.5 Å². The number of hydrogen-bond donors (Lipinski definition) is 2. The molecular weight excluding hydrogens is 368 g/mol. The van der Waals surface area contributed by atoms with E-state index in [0.29, 0.717) is 23.7 Å². The van der Waals surface area contributed by atoms with Crippen LogP contribution in [0.3, 0.4) is 0 Å². The van der Waals surface area contributed by atoms with Crippen molar-refractivity contribution in [2.75, 3.05) is 11.9 Å². The fourth-order valence-corrected chi connectivity index (χ4v) is 4.20. The molecule has 29 heavy (non-hydrogen) atoms. The second-order valence-corrected chi connectivity index (χ2v) is 7.75. The maximum absolute atomic E-state index is 13.0. The third-order valence-corrected chi connectivity index (χ3v) is 5.81. The van der Waals surface area contributed by atoms with Crippen LogP contribution >= 0.6 is 0 Å². The number of rotatable bonds is 5. The molecule has 148 valence electrons. The molecule has 1 aromatic carbocycles. The smallest absolute Gasteiger partial charge is 0.245 e. The predicted octanol–water partition coefficient (Wildman–Crippen LogP) is 2.39. The van der Waals surface area contributed by atoms with E-state index in [1.165, 1.54) is 0 Å². The van der Waals surface area contributed by atoms with Crippen LogP contribution in [0.15, 0.2) is 59.3 Å². The van der Waals surface area contributed by atoms with Gasteiger partial charge in [0.1, 0.15) is 17.3 Å². The lowest BCUT2D eigenvalue weighted by Gasteiger charge is -2.24. The lowest BCUT2D eigenvalue weighted by atomic mass is 10.1. The van der Waals surface area contributed by atoms with Crippen LogP contribution in [0.5, 0.6) is 0 Å². The molecule has 7 nitrogen and oxygen atoms in total. The minimum atomic E-state index is -1.08. The maximum atomic E-state index is 13.0. The van der Waals surface area contributed by atoms with E-state index in [4.69, 9.17) is 4.52 Å². The number of aliphatic hydroxyl groups is 1. The normalized spacial score (nSPS) is 23.9. The highest BCUT2D eigenvalue weighted by Gasteiger charge is 2.52. The Morgan fingerprint density at radius 1 is 1.28 bits per heavy atom. The van der Waals surface area contributed by atoms with Gasteiger partial charge in [-0.3, -0.25) is 15.0 Å². The third kappa shape index (κ3) is 3.32. The lowest BCUT2D eigenvalue weighted by Crippen LogP contribution is -2.47. The standard InChI is InChI=1S/C22H22N4O3/c1-26-20-15(8-5-9-23-20)16-12-17(16)19(22(26)28)24-21(27)18-11-14(29-25-18)10-13-6-3-2-4-7-13/h2-9,11,16-17,19,21,24,27H,10,12H2,1H3/t16-,17-,19-,21?/m0/s1. The van der Waals surface area contributed by atoms with Crippen molar-refractivity contribution in [2.24, 2.45) is 5.92 Å². The van der Waals surface area contributed by atoms with Gasteiger partial charge in [0.05, 0.1) is 6.04 Å². The van der Waals surface area contributed by atoms with E-state index in [1.807, 2.05) is 42.5 Å². The average molecular weight is 390 g/mol. The zero-order chi connectivity index (χ0) is 20.0. The van der Waals surface area contributed by atoms with Crippen molar-refractivity contribution >= 4 is 11.7 Å². The Hall–Kier alpha value is -3.03. The molecule has 1 aliphatic heterocycles. The molecule has 1 aliphatic carbocycles. The van der Waals surface area contributed by atoms with Crippen LogP contribution < -0.4 is 10.2 Å². The minimum Gasteiger partial charge on any atom is -0.372 e. The predicted molar refractivity (Wildman–Crippen MR) is 106 cm³/mol. The molecule has 7 heteroatoms. The van der Waals surface area contributed by atoms with Gasteiger partial charge in [-0.1, -0.05) is 41.6 Å². The van der Waals surface area contributed by atoms with Gasteiger partial charge in [0.25, 0.3) is 0 Å². The number of hydrogen-bond acceptors (Lipinski definition) is 6. The molecule has 4 atom stereocenters. The highest BCUT2D eigenvalue weighted by molar-refractivity contribution is 5.98. The molecular formula is C22H22N4O3. The maximum Gasteiger partial charge on any atom is 0.245 e. The Balaban J connectivity index is 1.31. The molecule has 3 aromatic rings. The zero-order valence-corrected chi connectivity index (χ0v) is 16.0. The Kier molecular flexibility index (Phi) is 4.41. The Bertz CT molecular complexity index is 1040. The topological polar surface area (TPSA) is 91.5 Å². The van der Waals surface area contributed by atoms with Gasteiger partial charge in [0.15, 0.2) is 6.23 Å². The van der Waals surface area contributed by atoms with Crippen molar-refractivity contribution in [1.29, 1.82) is 0 Å². The van der Waals surface area contributed by atoms with E-state index < -0.39 is 12.3 Å². The van der Waals surface area contributed by atoms with Gasteiger partial charge in [-0.2, -0.15) is 0 Å². The molecule has 1 amide bonds. The average Bonchev–Trinajstić information content (AvgIpc) is 3.41. The van der Waals surface area contributed by atoms with E-state index in [-0.39, 0.29) is 17.7 Å². The van der Waals surface area contributed by atoms with Gasteiger partial charge in [-0.25, -0.2) is 4.98 Å². The van der Waals surface area contributed by atoms with Gasteiger partial charge in [-0.15, -0.1) is 0 Å². The van der Waals surface area contributed by atoms with Crippen molar-refractivity contribution < 1.29 is 14.4 Å². The molecule has 0 saturated heterocycles. The van der Waals surface area contributed by atoms with Crippen molar-refractivity contribution in [3.63, 3.8) is 0 Å². The first-order valence-electron chi connectivity index (χ1n) is 9.78. The molecule has 0 radical (unpaired) electrons. The molecule has 1 saturated carbocycles. The van der Waals surface area contributed by atoms with Crippen molar-refractivity contribution in [1.82, 2.24) is 15.5 Å². The fraction of sp³-hybridized carbons (Fsp3) is 0.318. The molecule has 2 aliphatic rings. The fourth-order valence-electron chi connectivity index (χ4n) is 4.20. The van der Waals surface area contributed by atoms with Crippen molar-refractivity contribution in [3.05, 3.63) is 77.3 Å². The minimum absolute atomic E-state index is 0.0954. The van der Waals surface area contributed by atoms with Gasteiger partial charge >= 0.3 is 0 Å². The first kappa shape index (κ1) is 18.0. The van der Waals surface area contributed by atoms with Gasteiger partial charge < -0.3 is 9.63 Å². The summed E-state index contributed by atoms with van der Waals surface area (Å²) in [5, 5.41) is 17.8. The second kappa shape index (κ2) is 7.09. The van der Waals surface area contributed by atoms with Crippen LogP contribution in [0.2, 0.25) is 0 Å². The molecule has 0 bridgehead atoms. The lowest BCUT2D eigenvalue weighted by molar-refractivity contribution is -0.121. The number of anilines is 1. The number of likely N-dealkylation sites (N-methyl/N-ethyl adjacent to an activating group) is 1. The zero-order valence-electron chi connectivity index (χ0n) is 16.0. The van der Waals surface area contributed by atoms with Gasteiger partial charge in [-0.05, 0) is 35.4 Å². The van der Waals surface area contributed by atoms with Crippen LogP contribution in [0, 0.1) is 5.92 Å². The van der Waals surface area contributed by atoms with E-state index in [0.717, 1.165) is 17.5 Å². The van der Waals surface area contributed by atoms with Crippen LogP contribution in [0.1, 0.15) is 41.1 Å². The summed E-state index contributed by atoms with van der Waals surface area (Å²) in [6.07, 6.45) is 2.12. The number of carbonyl (C=O) groups excluding carboxylic acids is 1. The number of aromatic nitrogens is 2. The largest absolute Gasteiger partial charge is 0.372 e. The molecule has 1 unspecified atom stereocenters. The third-order valence-electron chi connectivity index (χ3n) is 5.81. The molecule has 5 rings (SSSR count). The number of nitrogens with one attached hydrogen (secondary N) is 1. The summed E-state index contributed by atoms with van der Waals surface area (Å²) >= 11 is 0. The summed E-state index contributed by atoms with van der Waals surface area (Å²) in [6.45, 7) is 0. The van der Waals surface area contributed by atoms with Crippen LogP contribution in [0.25, 0.3) is 0 Å². The quantitative estimate of drug-likeness (QED) is 0.650. The summed E-state index contributed by atoms with van der Waals surface area (Å²) < 4.78 is 5.38. The van der Waals surface area contributed by atoms with Gasteiger partial charge in [0, 0.05) is 25.7 Å². The number of aliphatic hydroxyl groups excluding tert-OH is 1. The second-order valence-electron chi connectivity index (χ2n) is 7.75. The van der Waals surface area contributed by atoms with E-state index >= 15 is 0 Å². The SMILES string of the molecule is CN1C(=O)[C@@H](NC(O)c2cc(Cc3ccccc3)on2)[C@H]2C[C@H]2c2cccnc21. The number of fused-ring (bicyclic) bond motifs is 3. The van der Waals surface area contributed by atoms with E-state index in [1.54, 1.807) is 24.2 Å². The highest BCUT2D eigenvalue weighted by Crippen LogP contribution is 2.54. The molecule has 0 spiro atoms. The van der Waals surface area contributed by atoms with Crippen LogP contribution in [0.4, 0.5) is 5.82 Å². The van der Waals surface area contributed by atoms with Gasteiger partial charge in [0.2, 0.25) is 5.91 Å². The Labute approximate surface area is 168 Å². The summed E-state index contributed by atoms with van der Waals surface area (Å²) in [7, 11) is 1.73. The number of carbonyl (C=O) groups is 1. The number of benzene rings is 1. The van der Waals surface area contributed by atoms with Crippen LogP contribution in [-0.2, 0) is 11.2 Å².